The van der Waals surface area contributed by atoms with Gasteiger partial charge in [0, 0.05) is 41.5 Å². The predicted octanol–water partition coefficient (Wildman–Crippen LogP) is 9.31. The molecule has 0 fully saturated rings. The summed E-state index contributed by atoms with van der Waals surface area (Å²) in [5.41, 5.74) is -2.62. The van der Waals surface area contributed by atoms with Crippen LogP contribution in [0.5, 0.6) is 5.75 Å². The Hall–Kier alpha value is -4.98. The molecule has 0 aromatic heterocycles. The molecule has 1 amide bonds. The summed E-state index contributed by atoms with van der Waals surface area (Å²) in [7, 11) is 0. The number of carbonyl (C=O) groups is 2. The number of amides is 1. The van der Waals surface area contributed by atoms with Gasteiger partial charge in [-0.1, -0.05) is 49.2 Å². The monoisotopic (exact) mass is 709 g/mol. The number of hydrogen-bond donors (Lipinski definition) is 2. The van der Waals surface area contributed by atoms with Gasteiger partial charge in [0.15, 0.2) is 6.61 Å². The summed E-state index contributed by atoms with van der Waals surface area (Å²) in [5, 5.41) is 11.8. The van der Waals surface area contributed by atoms with Gasteiger partial charge in [0.1, 0.15) is 17.4 Å². The van der Waals surface area contributed by atoms with Crippen molar-refractivity contribution >= 4 is 11.9 Å². The zero-order valence-corrected chi connectivity index (χ0v) is 26.3. The summed E-state index contributed by atoms with van der Waals surface area (Å²) >= 11 is 0. The van der Waals surface area contributed by atoms with Gasteiger partial charge in [0.25, 0.3) is 5.91 Å². The largest absolute Gasteiger partial charge is 0.481 e. The molecule has 0 aliphatic carbocycles. The highest BCUT2D eigenvalue weighted by atomic mass is 19.4. The maximum Gasteiger partial charge on any atom is 0.416 e. The minimum Gasteiger partial charge on any atom is -0.481 e. The normalized spacial score (nSPS) is 11.8. The standard InChI is InChI=1S/C36H31F8NO5/c37-28-12-11-23(31(38)19-28)20-49-14-4-2-1-3-13-45-34(48)25-15-24(17-27(18-25)36(42,43)44)30-10-6-9-29(33(30)50-21-32(46)47)22-7-5-8-26(16-22)35(39,40)41/h5-12,15-19H,1-4,13-14,20-21H2,(H,45,48)(H,46,47). The van der Waals surface area contributed by atoms with Crippen LogP contribution >= 0.6 is 0 Å². The number of rotatable bonds is 15. The summed E-state index contributed by atoms with van der Waals surface area (Å²) in [5.74, 6) is -3.93. The molecule has 0 bridgehead atoms. The number of carbonyl (C=O) groups excluding carboxylic acids is 1. The van der Waals surface area contributed by atoms with E-state index < -0.39 is 53.6 Å². The van der Waals surface area contributed by atoms with E-state index in [9.17, 15) is 49.8 Å². The molecule has 0 saturated carbocycles. The molecule has 4 rings (SSSR count). The van der Waals surface area contributed by atoms with Gasteiger partial charge in [-0.05, 0) is 60.4 Å². The van der Waals surface area contributed by atoms with Gasteiger partial charge in [-0.2, -0.15) is 26.3 Å². The summed E-state index contributed by atoms with van der Waals surface area (Å²) in [4.78, 5) is 24.4. The molecule has 4 aromatic carbocycles. The van der Waals surface area contributed by atoms with Crippen LogP contribution < -0.4 is 10.1 Å². The second kappa shape index (κ2) is 16.6. The first-order chi connectivity index (χ1) is 23.6. The predicted molar refractivity (Wildman–Crippen MR) is 167 cm³/mol. The summed E-state index contributed by atoms with van der Waals surface area (Å²) < 4.78 is 120. The highest BCUT2D eigenvalue weighted by Crippen LogP contribution is 2.42. The Kier molecular flexibility index (Phi) is 12.6. The fourth-order valence-corrected chi connectivity index (χ4v) is 5.03. The second-order valence-electron chi connectivity index (χ2n) is 11.2. The SMILES string of the molecule is O=C(O)COc1c(-c2cccc(C(F)(F)F)c2)cccc1-c1cc(C(=O)NCCCCCCOCc2ccc(F)cc2F)cc(C(F)(F)F)c1. The first-order valence-electron chi connectivity index (χ1n) is 15.3. The first-order valence-corrected chi connectivity index (χ1v) is 15.3. The minimum absolute atomic E-state index is 0.00807. The van der Waals surface area contributed by atoms with Gasteiger partial charge in [0.2, 0.25) is 0 Å². The van der Waals surface area contributed by atoms with Gasteiger partial charge in [-0.15, -0.1) is 0 Å². The van der Waals surface area contributed by atoms with Crippen LogP contribution in [0.15, 0.2) is 78.9 Å². The number of carboxylic acid groups (broad SMARTS) is 1. The van der Waals surface area contributed by atoms with Crippen LogP contribution in [-0.4, -0.2) is 36.7 Å². The first kappa shape index (κ1) is 37.8. The molecule has 0 saturated heterocycles. The summed E-state index contributed by atoms with van der Waals surface area (Å²) in [6, 6.07) is 13.9. The second-order valence-corrected chi connectivity index (χ2v) is 11.2. The molecule has 0 atom stereocenters. The van der Waals surface area contributed by atoms with Gasteiger partial charge in [0.05, 0.1) is 17.7 Å². The molecule has 14 heteroatoms. The molecular weight excluding hydrogens is 678 g/mol. The van der Waals surface area contributed by atoms with E-state index in [1.807, 2.05) is 0 Å². The van der Waals surface area contributed by atoms with Crippen LogP contribution in [0.1, 0.15) is 52.7 Å². The van der Waals surface area contributed by atoms with Crippen molar-refractivity contribution in [3.05, 3.63) is 113 Å². The van der Waals surface area contributed by atoms with Crippen molar-refractivity contribution in [1.29, 1.82) is 0 Å². The Morgan fingerprint density at radius 1 is 0.720 bits per heavy atom. The van der Waals surface area contributed by atoms with E-state index >= 15 is 0 Å². The van der Waals surface area contributed by atoms with E-state index in [-0.39, 0.29) is 52.3 Å². The van der Waals surface area contributed by atoms with Crippen molar-refractivity contribution in [1.82, 2.24) is 5.32 Å². The maximum atomic E-state index is 14.0. The highest BCUT2D eigenvalue weighted by Gasteiger charge is 2.33. The Morgan fingerprint density at radius 3 is 2.06 bits per heavy atom. The fourth-order valence-electron chi connectivity index (χ4n) is 5.03. The number of para-hydroxylation sites is 1. The number of carboxylic acids is 1. The van der Waals surface area contributed by atoms with Crippen LogP contribution in [0, 0.1) is 11.6 Å². The smallest absolute Gasteiger partial charge is 0.416 e. The summed E-state index contributed by atoms with van der Waals surface area (Å²) in [6.45, 7) is -0.536. The van der Waals surface area contributed by atoms with Crippen LogP contribution in [-0.2, 0) is 28.5 Å². The number of hydrogen-bond acceptors (Lipinski definition) is 4. The van der Waals surface area contributed by atoms with Crippen LogP contribution in [0.2, 0.25) is 0 Å². The number of aliphatic carboxylic acids is 1. The van der Waals surface area contributed by atoms with Crippen molar-refractivity contribution in [3.63, 3.8) is 0 Å². The third-order valence-corrected chi connectivity index (χ3v) is 7.46. The number of ether oxygens (including phenoxy) is 2. The Bertz CT molecular complexity index is 1810. The Balaban J connectivity index is 1.48. The zero-order valence-electron chi connectivity index (χ0n) is 26.3. The van der Waals surface area contributed by atoms with E-state index in [2.05, 4.69) is 5.32 Å². The molecule has 2 N–H and O–H groups in total. The lowest BCUT2D eigenvalue weighted by molar-refractivity contribution is -0.139. The lowest BCUT2D eigenvalue weighted by Gasteiger charge is -2.18. The van der Waals surface area contributed by atoms with E-state index in [0.29, 0.717) is 38.4 Å². The molecule has 6 nitrogen and oxygen atoms in total. The molecule has 0 aliphatic heterocycles. The van der Waals surface area contributed by atoms with Crippen molar-refractivity contribution in [2.45, 2.75) is 44.6 Å². The van der Waals surface area contributed by atoms with Crippen molar-refractivity contribution in [3.8, 4) is 28.0 Å². The van der Waals surface area contributed by atoms with Crippen LogP contribution in [0.25, 0.3) is 22.3 Å². The molecule has 50 heavy (non-hydrogen) atoms. The molecule has 0 spiro atoms. The fraction of sp³-hybridized carbons (Fsp3) is 0.278. The Labute approximate surface area is 281 Å². The topological polar surface area (TPSA) is 84.9 Å². The average molecular weight is 710 g/mol. The molecule has 0 heterocycles. The van der Waals surface area contributed by atoms with Gasteiger partial charge >= 0.3 is 18.3 Å². The van der Waals surface area contributed by atoms with E-state index in [1.54, 1.807) is 0 Å². The number of unbranched alkanes of at least 4 members (excludes halogenated alkanes) is 3. The lowest BCUT2D eigenvalue weighted by atomic mass is 9.94. The zero-order chi connectivity index (χ0) is 36.5. The van der Waals surface area contributed by atoms with Crippen molar-refractivity contribution < 1.29 is 59.3 Å². The molecule has 0 radical (unpaired) electrons. The van der Waals surface area contributed by atoms with Gasteiger partial charge in [-0.25, -0.2) is 13.6 Å². The van der Waals surface area contributed by atoms with Crippen LogP contribution in [0.3, 0.4) is 0 Å². The molecule has 0 aliphatic rings. The highest BCUT2D eigenvalue weighted by molar-refractivity contribution is 5.96. The summed E-state index contributed by atoms with van der Waals surface area (Å²) in [6.07, 6.45) is -7.19. The number of nitrogens with one attached hydrogen (secondary N) is 1. The maximum absolute atomic E-state index is 14.0. The Morgan fingerprint density at radius 2 is 1.38 bits per heavy atom. The third kappa shape index (κ3) is 10.5. The minimum atomic E-state index is -4.89. The van der Waals surface area contributed by atoms with Crippen LogP contribution in [0.4, 0.5) is 35.1 Å². The van der Waals surface area contributed by atoms with E-state index in [1.165, 1.54) is 30.3 Å². The lowest BCUT2D eigenvalue weighted by Crippen LogP contribution is -2.25. The number of halogens is 8. The van der Waals surface area contributed by atoms with Crippen molar-refractivity contribution in [2.75, 3.05) is 19.8 Å². The molecule has 0 unspecified atom stereocenters. The van der Waals surface area contributed by atoms with Gasteiger partial charge in [-0.3, -0.25) is 4.79 Å². The van der Waals surface area contributed by atoms with E-state index in [0.717, 1.165) is 42.5 Å². The van der Waals surface area contributed by atoms with E-state index in [4.69, 9.17) is 9.47 Å². The number of alkyl halides is 6. The third-order valence-electron chi connectivity index (χ3n) is 7.46. The quantitative estimate of drug-likeness (QED) is 0.0950. The molecule has 266 valence electrons. The molecular formula is C36H31F8NO5. The molecule has 4 aromatic rings. The average Bonchev–Trinajstić information content (AvgIpc) is 3.06. The van der Waals surface area contributed by atoms with Gasteiger partial charge < -0.3 is 19.9 Å². The van der Waals surface area contributed by atoms with Crippen molar-refractivity contribution in [2.24, 2.45) is 0 Å². The number of benzene rings is 4.